The number of carbonyl (C=O) groups is 3. The third-order valence-corrected chi connectivity index (χ3v) is 3.06. The fourth-order valence-corrected chi connectivity index (χ4v) is 1.96. The van der Waals surface area contributed by atoms with E-state index in [1.54, 1.807) is 6.92 Å². The van der Waals surface area contributed by atoms with Gasteiger partial charge in [0.05, 0.1) is 12.9 Å². The number of aromatic carboxylic acids is 1. The van der Waals surface area contributed by atoms with Gasteiger partial charge in [0.1, 0.15) is 17.4 Å². The minimum atomic E-state index is -1.25. The predicted molar refractivity (Wildman–Crippen MR) is 81.4 cm³/mol. The lowest BCUT2D eigenvalue weighted by Crippen LogP contribution is -2.43. The molecule has 9 nitrogen and oxygen atoms in total. The molecule has 2 aromatic heterocycles. The van der Waals surface area contributed by atoms with Crippen LogP contribution in [0.4, 0.5) is 0 Å². The number of carboxylic acid groups (broad SMARTS) is 1. The van der Waals surface area contributed by atoms with E-state index in [1.807, 2.05) is 0 Å². The van der Waals surface area contributed by atoms with Crippen molar-refractivity contribution in [2.75, 3.05) is 6.61 Å². The zero-order valence-corrected chi connectivity index (χ0v) is 12.9. The van der Waals surface area contributed by atoms with Gasteiger partial charge in [-0.1, -0.05) is 6.07 Å². The van der Waals surface area contributed by atoms with Gasteiger partial charge in [-0.05, 0) is 19.1 Å². The Hall–Kier alpha value is -3.23. The highest BCUT2D eigenvalue weighted by molar-refractivity contribution is 5.96. The van der Waals surface area contributed by atoms with Gasteiger partial charge in [0.25, 0.3) is 5.91 Å². The second kappa shape index (κ2) is 7.86. The molecule has 0 aromatic carbocycles. The van der Waals surface area contributed by atoms with E-state index in [1.165, 1.54) is 30.7 Å². The van der Waals surface area contributed by atoms with Crippen LogP contribution in [0, 0.1) is 0 Å². The van der Waals surface area contributed by atoms with Crippen molar-refractivity contribution < 1.29 is 24.2 Å². The Balaban J connectivity index is 2.15. The van der Waals surface area contributed by atoms with Gasteiger partial charge in [-0.15, -0.1) is 0 Å². The van der Waals surface area contributed by atoms with Crippen LogP contribution >= 0.6 is 0 Å². The second-order valence-corrected chi connectivity index (χ2v) is 4.77. The number of carboxylic acids is 1. The summed E-state index contributed by atoms with van der Waals surface area (Å²) in [7, 11) is 0. The molecular weight excluding hydrogens is 316 g/mol. The topological polar surface area (TPSA) is 134 Å². The van der Waals surface area contributed by atoms with Gasteiger partial charge in [0.2, 0.25) is 0 Å². The molecule has 0 aliphatic carbocycles. The standard InChI is InChI=1S/C15H16N4O5/c1-2-24-15(23)12(6-9-7-16-8-17-9)19-13(20)10-4-3-5-11(18-10)14(21)22/h3-5,7-8,12H,2,6H2,1H3,(H,16,17)(H,19,20)(H,21,22)/t12-/m0/s1. The van der Waals surface area contributed by atoms with Crippen molar-refractivity contribution in [2.45, 2.75) is 19.4 Å². The summed E-state index contributed by atoms with van der Waals surface area (Å²) in [6.45, 7) is 1.83. The van der Waals surface area contributed by atoms with E-state index in [9.17, 15) is 14.4 Å². The van der Waals surface area contributed by atoms with E-state index >= 15 is 0 Å². The summed E-state index contributed by atoms with van der Waals surface area (Å²) in [5.74, 6) is -2.52. The van der Waals surface area contributed by atoms with Gasteiger partial charge in [-0.25, -0.2) is 19.6 Å². The molecule has 0 bridgehead atoms. The zero-order chi connectivity index (χ0) is 17.5. The van der Waals surface area contributed by atoms with Gasteiger partial charge in [-0.2, -0.15) is 0 Å². The molecule has 0 aliphatic heterocycles. The summed E-state index contributed by atoms with van der Waals surface area (Å²) >= 11 is 0. The lowest BCUT2D eigenvalue weighted by molar-refractivity contribution is -0.145. The number of amides is 1. The Morgan fingerprint density at radius 1 is 1.33 bits per heavy atom. The van der Waals surface area contributed by atoms with Crippen molar-refractivity contribution in [1.29, 1.82) is 0 Å². The van der Waals surface area contributed by atoms with Crippen LogP contribution in [0.25, 0.3) is 0 Å². The van der Waals surface area contributed by atoms with Gasteiger partial charge in [0, 0.05) is 18.3 Å². The van der Waals surface area contributed by atoms with Crippen LogP contribution in [0.3, 0.4) is 0 Å². The van der Waals surface area contributed by atoms with E-state index in [0.717, 1.165) is 0 Å². The molecule has 24 heavy (non-hydrogen) atoms. The molecule has 2 aromatic rings. The van der Waals surface area contributed by atoms with E-state index in [4.69, 9.17) is 9.84 Å². The highest BCUT2D eigenvalue weighted by atomic mass is 16.5. The number of aromatic nitrogens is 3. The van der Waals surface area contributed by atoms with Crippen molar-refractivity contribution in [3.05, 3.63) is 47.8 Å². The third kappa shape index (κ3) is 4.38. The minimum absolute atomic E-state index is 0.103. The van der Waals surface area contributed by atoms with Gasteiger partial charge >= 0.3 is 11.9 Å². The van der Waals surface area contributed by atoms with Gasteiger partial charge < -0.3 is 20.1 Å². The summed E-state index contributed by atoms with van der Waals surface area (Å²) in [4.78, 5) is 45.6. The number of H-pyrrole nitrogens is 1. The summed E-state index contributed by atoms with van der Waals surface area (Å²) in [5, 5.41) is 11.4. The maximum Gasteiger partial charge on any atom is 0.354 e. The summed E-state index contributed by atoms with van der Waals surface area (Å²) in [6, 6.07) is 3.08. The van der Waals surface area contributed by atoms with Gasteiger partial charge in [-0.3, -0.25) is 4.79 Å². The third-order valence-electron chi connectivity index (χ3n) is 3.06. The number of nitrogens with zero attached hydrogens (tertiary/aromatic N) is 2. The van der Waals surface area contributed by atoms with Crippen molar-refractivity contribution in [1.82, 2.24) is 20.3 Å². The summed E-state index contributed by atoms with van der Waals surface area (Å²) in [5.41, 5.74) is 0.276. The molecule has 9 heteroatoms. The van der Waals surface area contributed by atoms with E-state index < -0.39 is 23.9 Å². The van der Waals surface area contributed by atoms with Crippen LogP contribution in [0.2, 0.25) is 0 Å². The van der Waals surface area contributed by atoms with Crippen molar-refractivity contribution in [3.8, 4) is 0 Å². The molecule has 0 spiro atoms. The predicted octanol–water partition coefficient (Wildman–Crippen LogP) is 0.407. The van der Waals surface area contributed by atoms with Crippen LogP contribution in [-0.4, -0.2) is 50.6 Å². The molecule has 0 aliphatic rings. The number of ether oxygens (including phenoxy) is 1. The molecule has 2 rings (SSSR count). The quantitative estimate of drug-likeness (QED) is 0.625. The molecule has 3 N–H and O–H groups in total. The number of aromatic amines is 1. The van der Waals surface area contributed by atoms with E-state index in [2.05, 4.69) is 20.3 Å². The molecule has 126 valence electrons. The number of hydrogen-bond donors (Lipinski definition) is 3. The maximum absolute atomic E-state index is 12.3. The first-order valence-electron chi connectivity index (χ1n) is 7.16. The number of nitrogens with one attached hydrogen (secondary N) is 2. The number of carbonyl (C=O) groups excluding carboxylic acids is 2. The first kappa shape index (κ1) is 17.1. The molecule has 0 saturated heterocycles. The average molecular weight is 332 g/mol. The highest BCUT2D eigenvalue weighted by Gasteiger charge is 2.24. The molecule has 1 amide bonds. The number of hydrogen-bond acceptors (Lipinski definition) is 6. The number of imidazole rings is 1. The van der Waals surface area contributed by atoms with Crippen LogP contribution in [0.15, 0.2) is 30.7 Å². The van der Waals surface area contributed by atoms with Crippen molar-refractivity contribution in [3.63, 3.8) is 0 Å². The van der Waals surface area contributed by atoms with Crippen LogP contribution in [-0.2, 0) is 16.0 Å². The molecule has 0 unspecified atom stereocenters. The maximum atomic E-state index is 12.3. The second-order valence-electron chi connectivity index (χ2n) is 4.77. The Morgan fingerprint density at radius 2 is 2.08 bits per heavy atom. The average Bonchev–Trinajstić information content (AvgIpc) is 3.07. The van der Waals surface area contributed by atoms with Crippen LogP contribution < -0.4 is 5.32 Å². The lowest BCUT2D eigenvalue weighted by atomic mass is 10.1. The molecule has 0 radical (unpaired) electrons. The van der Waals surface area contributed by atoms with Crippen molar-refractivity contribution >= 4 is 17.8 Å². The van der Waals surface area contributed by atoms with E-state index in [-0.39, 0.29) is 24.4 Å². The molecule has 2 heterocycles. The number of pyridine rings is 1. The molecule has 0 saturated carbocycles. The fourth-order valence-electron chi connectivity index (χ4n) is 1.96. The summed E-state index contributed by atoms with van der Waals surface area (Å²) in [6.07, 6.45) is 3.14. The number of rotatable bonds is 7. The first-order valence-corrected chi connectivity index (χ1v) is 7.16. The van der Waals surface area contributed by atoms with Crippen molar-refractivity contribution in [2.24, 2.45) is 0 Å². The Kier molecular flexibility index (Phi) is 5.61. The molecule has 0 fully saturated rings. The first-order chi connectivity index (χ1) is 11.5. The Bertz CT molecular complexity index is 729. The summed E-state index contributed by atoms with van der Waals surface area (Å²) < 4.78 is 4.95. The minimum Gasteiger partial charge on any atom is -0.477 e. The lowest BCUT2D eigenvalue weighted by Gasteiger charge is -2.16. The largest absolute Gasteiger partial charge is 0.477 e. The zero-order valence-electron chi connectivity index (χ0n) is 12.9. The molecule has 1 atom stereocenters. The van der Waals surface area contributed by atoms with Crippen LogP contribution in [0.5, 0.6) is 0 Å². The molecular formula is C15H16N4O5. The Labute approximate surface area is 137 Å². The smallest absolute Gasteiger partial charge is 0.354 e. The van der Waals surface area contributed by atoms with Gasteiger partial charge in [0.15, 0.2) is 0 Å². The highest BCUT2D eigenvalue weighted by Crippen LogP contribution is 2.04. The SMILES string of the molecule is CCOC(=O)[C@H](Cc1cnc[nH]1)NC(=O)c1cccc(C(=O)O)n1. The normalized spacial score (nSPS) is 11.5. The monoisotopic (exact) mass is 332 g/mol. The number of esters is 1. The fraction of sp³-hybridized carbons (Fsp3) is 0.267. The Morgan fingerprint density at radius 3 is 2.71 bits per heavy atom. The van der Waals surface area contributed by atoms with E-state index in [0.29, 0.717) is 5.69 Å². The van der Waals surface area contributed by atoms with Crippen LogP contribution in [0.1, 0.15) is 33.6 Å².